The molecule has 0 spiro atoms. The first-order valence-electron chi connectivity index (χ1n) is 8.42. The van der Waals surface area contributed by atoms with Gasteiger partial charge in [0.2, 0.25) is 0 Å². The maximum Gasteiger partial charge on any atom is 0.322 e. The summed E-state index contributed by atoms with van der Waals surface area (Å²) in [5.41, 5.74) is 1.03. The molecule has 0 fully saturated rings. The van der Waals surface area contributed by atoms with E-state index in [0.29, 0.717) is 21.9 Å². The van der Waals surface area contributed by atoms with Gasteiger partial charge in [-0.3, -0.25) is 10.1 Å². The molecule has 3 aromatic carbocycles. The van der Waals surface area contributed by atoms with Crippen LogP contribution < -0.4 is 10.1 Å². The maximum atomic E-state index is 12.4. The molecule has 1 amide bonds. The third-order valence-electron chi connectivity index (χ3n) is 3.85. The summed E-state index contributed by atoms with van der Waals surface area (Å²) in [6.45, 7) is 0. The van der Waals surface area contributed by atoms with Crippen LogP contribution in [0.3, 0.4) is 0 Å². The second-order valence-corrected chi connectivity index (χ2v) is 6.19. The average Bonchev–Trinajstić information content (AvgIpc) is 3.18. The molecular formula is C21H14ClN3O3. The molecule has 0 radical (unpaired) electrons. The number of benzene rings is 3. The van der Waals surface area contributed by atoms with E-state index in [1.165, 1.54) is 0 Å². The SMILES string of the molecule is O=C(Nc1nnc(-c2ccccc2Cl)o1)c1ccc(Oc2ccccc2)cc1. The fourth-order valence-corrected chi connectivity index (χ4v) is 2.70. The standard InChI is InChI=1S/C21H14ClN3O3/c22-18-9-5-4-8-17(18)20-24-25-21(28-20)23-19(26)14-10-12-16(13-11-14)27-15-6-2-1-3-7-15/h1-13H,(H,23,25,26). The highest BCUT2D eigenvalue weighted by molar-refractivity contribution is 6.33. The number of para-hydroxylation sites is 1. The Balaban J connectivity index is 1.43. The molecule has 7 heteroatoms. The lowest BCUT2D eigenvalue weighted by atomic mass is 10.2. The summed E-state index contributed by atoms with van der Waals surface area (Å²) in [5.74, 6) is 1.20. The molecule has 4 rings (SSSR count). The molecule has 6 nitrogen and oxygen atoms in total. The number of hydrogen-bond donors (Lipinski definition) is 1. The molecule has 0 aliphatic carbocycles. The van der Waals surface area contributed by atoms with Crippen molar-refractivity contribution in [3.8, 4) is 23.0 Å². The second-order valence-electron chi connectivity index (χ2n) is 5.79. The molecule has 0 unspecified atom stereocenters. The largest absolute Gasteiger partial charge is 0.457 e. The van der Waals surface area contributed by atoms with Gasteiger partial charge in [0, 0.05) is 5.56 Å². The van der Waals surface area contributed by atoms with Crippen LogP contribution in [0.1, 0.15) is 10.4 Å². The van der Waals surface area contributed by atoms with E-state index in [4.69, 9.17) is 20.8 Å². The Bertz CT molecular complexity index is 1100. The minimum atomic E-state index is -0.374. The van der Waals surface area contributed by atoms with E-state index < -0.39 is 0 Å². The number of nitrogens with zero attached hydrogens (tertiary/aromatic N) is 2. The number of aromatic nitrogens is 2. The van der Waals surface area contributed by atoms with Crippen molar-refractivity contribution >= 4 is 23.5 Å². The van der Waals surface area contributed by atoms with Crippen LogP contribution in [0.2, 0.25) is 5.02 Å². The van der Waals surface area contributed by atoms with Crippen molar-refractivity contribution in [2.45, 2.75) is 0 Å². The highest BCUT2D eigenvalue weighted by Crippen LogP contribution is 2.27. The van der Waals surface area contributed by atoms with Crippen LogP contribution >= 0.6 is 11.6 Å². The summed E-state index contributed by atoms with van der Waals surface area (Å²) in [6.07, 6.45) is 0. The summed E-state index contributed by atoms with van der Waals surface area (Å²) in [7, 11) is 0. The number of anilines is 1. The van der Waals surface area contributed by atoms with E-state index in [0.717, 1.165) is 5.75 Å². The van der Waals surface area contributed by atoms with Gasteiger partial charge in [0.1, 0.15) is 11.5 Å². The third kappa shape index (κ3) is 4.02. The predicted octanol–water partition coefficient (Wildman–Crippen LogP) is 5.43. The molecule has 0 aliphatic rings. The molecular weight excluding hydrogens is 378 g/mol. The van der Waals surface area contributed by atoms with Gasteiger partial charge in [-0.15, -0.1) is 5.10 Å². The monoisotopic (exact) mass is 391 g/mol. The van der Waals surface area contributed by atoms with Gasteiger partial charge >= 0.3 is 6.01 Å². The van der Waals surface area contributed by atoms with Gasteiger partial charge in [-0.1, -0.05) is 47.0 Å². The van der Waals surface area contributed by atoms with Crippen molar-refractivity contribution < 1.29 is 13.9 Å². The highest BCUT2D eigenvalue weighted by Gasteiger charge is 2.14. The zero-order valence-corrected chi connectivity index (χ0v) is 15.3. The Morgan fingerprint density at radius 3 is 2.29 bits per heavy atom. The van der Waals surface area contributed by atoms with E-state index >= 15 is 0 Å². The van der Waals surface area contributed by atoms with Crippen LogP contribution in [0, 0.1) is 0 Å². The van der Waals surface area contributed by atoms with Gasteiger partial charge in [-0.25, -0.2) is 0 Å². The summed E-state index contributed by atoms with van der Waals surface area (Å²) < 4.78 is 11.2. The number of amides is 1. The zero-order chi connectivity index (χ0) is 19.3. The van der Waals surface area contributed by atoms with E-state index in [2.05, 4.69) is 15.5 Å². The number of carbonyl (C=O) groups is 1. The second kappa shape index (κ2) is 7.94. The van der Waals surface area contributed by atoms with Crippen LogP contribution in [-0.4, -0.2) is 16.1 Å². The minimum Gasteiger partial charge on any atom is -0.457 e. The number of carbonyl (C=O) groups excluding carboxylic acids is 1. The van der Waals surface area contributed by atoms with Crippen molar-refractivity contribution in [3.63, 3.8) is 0 Å². The van der Waals surface area contributed by atoms with Crippen LogP contribution in [0.15, 0.2) is 83.3 Å². The first kappa shape index (κ1) is 17.8. The summed E-state index contributed by atoms with van der Waals surface area (Å²) in [6, 6.07) is 23.2. The predicted molar refractivity (Wildman–Crippen MR) is 106 cm³/mol. The Morgan fingerprint density at radius 1 is 0.857 bits per heavy atom. The number of nitrogens with one attached hydrogen (secondary N) is 1. The van der Waals surface area contributed by atoms with Crippen LogP contribution in [-0.2, 0) is 0 Å². The van der Waals surface area contributed by atoms with Gasteiger partial charge in [-0.2, -0.15) is 0 Å². The van der Waals surface area contributed by atoms with E-state index in [1.807, 2.05) is 36.4 Å². The average molecular weight is 392 g/mol. The number of rotatable bonds is 5. The minimum absolute atomic E-state index is 0.00969. The van der Waals surface area contributed by atoms with Crippen molar-refractivity contribution in [3.05, 3.63) is 89.4 Å². The molecule has 1 aromatic heterocycles. The Kier molecular flexibility index (Phi) is 5.03. The Hall–Kier alpha value is -3.64. The smallest absolute Gasteiger partial charge is 0.322 e. The lowest BCUT2D eigenvalue weighted by molar-refractivity contribution is 0.102. The third-order valence-corrected chi connectivity index (χ3v) is 4.17. The Labute approximate surface area is 165 Å². The molecule has 1 N–H and O–H groups in total. The summed E-state index contributed by atoms with van der Waals surface area (Å²) >= 11 is 6.12. The summed E-state index contributed by atoms with van der Waals surface area (Å²) in [4.78, 5) is 12.4. The molecule has 0 bridgehead atoms. The van der Waals surface area contributed by atoms with Gasteiger partial charge in [-0.05, 0) is 48.5 Å². The number of ether oxygens (including phenoxy) is 1. The number of hydrogen-bond acceptors (Lipinski definition) is 5. The molecule has 28 heavy (non-hydrogen) atoms. The molecule has 0 atom stereocenters. The normalized spacial score (nSPS) is 10.5. The van der Waals surface area contributed by atoms with Crippen molar-refractivity contribution in [2.24, 2.45) is 0 Å². The Morgan fingerprint density at radius 2 is 1.54 bits per heavy atom. The molecule has 4 aromatic rings. The lowest BCUT2D eigenvalue weighted by Gasteiger charge is -2.06. The van der Waals surface area contributed by atoms with Gasteiger partial charge in [0.25, 0.3) is 11.8 Å². The van der Waals surface area contributed by atoms with Crippen LogP contribution in [0.4, 0.5) is 6.01 Å². The van der Waals surface area contributed by atoms with Crippen LogP contribution in [0.5, 0.6) is 11.5 Å². The van der Waals surface area contributed by atoms with E-state index in [-0.39, 0.29) is 17.8 Å². The number of halogens is 1. The van der Waals surface area contributed by atoms with Crippen LogP contribution in [0.25, 0.3) is 11.5 Å². The molecule has 0 aliphatic heterocycles. The lowest BCUT2D eigenvalue weighted by Crippen LogP contribution is -2.11. The quantitative estimate of drug-likeness (QED) is 0.490. The topological polar surface area (TPSA) is 77.3 Å². The van der Waals surface area contributed by atoms with Gasteiger partial charge in [0.05, 0.1) is 10.6 Å². The van der Waals surface area contributed by atoms with Crippen molar-refractivity contribution in [1.82, 2.24) is 10.2 Å². The van der Waals surface area contributed by atoms with Crippen molar-refractivity contribution in [2.75, 3.05) is 5.32 Å². The molecule has 0 saturated heterocycles. The summed E-state index contributed by atoms with van der Waals surface area (Å²) in [5, 5.41) is 10.8. The maximum absolute atomic E-state index is 12.4. The zero-order valence-electron chi connectivity index (χ0n) is 14.5. The van der Waals surface area contributed by atoms with Crippen molar-refractivity contribution in [1.29, 1.82) is 0 Å². The van der Waals surface area contributed by atoms with Gasteiger partial charge in [0.15, 0.2) is 0 Å². The molecule has 138 valence electrons. The van der Waals surface area contributed by atoms with E-state index in [1.54, 1.807) is 42.5 Å². The first-order chi connectivity index (χ1) is 13.7. The fourth-order valence-electron chi connectivity index (χ4n) is 2.49. The molecule has 0 saturated carbocycles. The van der Waals surface area contributed by atoms with Gasteiger partial charge < -0.3 is 9.15 Å². The first-order valence-corrected chi connectivity index (χ1v) is 8.79. The van der Waals surface area contributed by atoms with E-state index in [9.17, 15) is 4.79 Å². The fraction of sp³-hybridized carbons (Fsp3) is 0. The highest BCUT2D eigenvalue weighted by atomic mass is 35.5. The molecule has 1 heterocycles.